The van der Waals surface area contributed by atoms with Crippen molar-refractivity contribution in [3.05, 3.63) is 11.4 Å². The highest BCUT2D eigenvalue weighted by molar-refractivity contribution is 5.57. The minimum Gasteiger partial charge on any atom is -0.396 e. The van der Waals surface area contributed by atoms with E-state index in [0.717, 1.165) is 55.3 Å². The number of aliphatic hydroxyl groups is 1. The van der Waals surface area contributed by atoms with E-state index in [1.165, 1.54) is 0 Å². The Morgan fingerprint density at radius 3 is 2.47 bits per heavy atom. The number of aromatic nitrogens is 2. The van der Waals surface area contributed by atoms with Gasteiger partial charge in [-0.15, -0.1) is 0 Å². The van der Waals surface area contributed by atoms with Gasteiger partial charge in [0.2, 0.25) is 0 Å². The van der Waals surface area contributed by atoms with E-state index in [-0.39, 0.29) is 12.0 Å². The van der Waals surface area contributed by atoms with E-state index in [4.69, 9.17) is 0 Å². The lowest BCUT2D eigenvalue weighted by atomic mass is 10.1. The predicted octanol–water partition coefficient (Wildman–Crippen LogP) is 1.96. The third kappa shape index (κ3) is 3.15. The van der Waals surface area contributed by atoms with Gasteiger partial charge in [0.15, 0.2) is 0 Å². The van der Waals surface area contributed by atoms with Gasteiger partial charge in [-0.1, -0.05) is 6.92 Å². The molecule has 0 amide bonds. The average molecular weight is 264 g/mol. The summed E-state index contributed by atoms with van der Waals surface area (Å²) >= 11 is 0. The quantitative estimate of drug-likeness (QED) is 0.702. The van der Waals surface area contributed by atoms with Gasteiger partial charge in [0.05, 0.1) is 6.61 Å². The Kier molecular flexibility index (Phi) is 4.24. The van der Waals surface area contributed by atoms with E-state index >= 15 is 0 Å². The lowest BCUT2D eigenvalue weighted by Gasteiger charge is -2.17. The maximum atomic E-state index is 9.36. The van der Waals surface area contributed by atoms with E-state index in [1.807, 2.05) is 14.0 Å². The van der Waals surface area contributed by atoms with E-state index in [9.17, 15) is 5.11 Å². The Morgan fingerprint density at radius 2 is 1.95 bits per heavy atom. The summed E-state index contributed by atoms with van der Waals surface area (Å²) in [5.41, 5.74) is 1.12. The first kappa shape index (κ1) is 14.1. The third-order valence-electron chi connectivity index (χ3n) is 3.83. The molecule has 0 bridgehead atoms. The second-order valence-electron chi connectivity index (χ2n) is 5.47. The minimum atomic E-state index is 0.0854. The van der Waals surface area contributed by atoms with Crippen molar-refractivity contribution >= 4 is 11.6 Å². The molecular formula is C14H24N4O. The van der Waals surface area contributed by atoms with Crippen LogP contribution in [0.3, 0.4) is 0 Å². The van der Waals surface area contributed by atoms with Crippen LogP contribution in [0.2, 0.25) is 0 Å². The lowest BCUT2D eigenvalue weighted by molar-refractivity contribution is 0.219. The van der Waals surface area contributed by atoms with Crippen LogP contribution in [0.5, 0.6) is 0 Å². The number of aryl methyl sites for hydroxylation is 1. The van der Waals surface area contributed by atoms with Gasteiger partial charge in [0, 0.05) is 31.0 Å². The van der Waals surface area contributed by atoms with Crippen LogP contribution >= 0.6 is 0 Å². The van der Waals surface area contributed by atoms with Gasteiger partial charge >= 0.3 is 0 Å². The Hall–Kier alpha value is -1.36. The average Bonchev–Trinajstić information content (AvgIpc) is 3.20. The standard InChI is InChI=1S/C14H24N4O/c1-4-5-11-17-12(15-3)10(2)13(18-11)16-8-14(9-19)6-7-14/h19H,4-9H2,1-3H3,(H2,15,16,17,18). The highest BCUT2D eigenvalue weighted by Crippen LogP contribution is 2.45. The lowest BCUT2D eigenvalue weighted by Crippen LogP contribution is -2.21. The van der Waals surface area contributed by atoms with E-state index in [2.05, 4.69) is 27.5 Å². The molecular weight excluding hydrogens is 240 g/mol. The van der Waals surface area contributed by atoms with Gasteiger partial charge in [-0.3, -0.25) is 0 Å². The molecule has 0 aliphatic heterocycles. The Morgan fingerprint density at radius 1 is 1.26 bits per heavy atom. The summed E-state index contributed by atoms with van der Waals surface area (Å²) in [5, 5.41) is 15.9. The summed E-state index contributed by atoms with van der Waals surface area (Å²) in [6.07, 6.45) is 4.11. The van der Waals surface area contributed by atoms with E-state index < -0.39 is 0 Å². The second kappa shape index (κ2) is 5.74. The van der Waals surface area contributed by atoms with Gasteiger partial charge in [-0.2, -0.15) is 0 Å². The summed E-state index contributed by atoms with van der Waals surface area (Å²) in [7, 11) is 1.88. The highest BCUT2D eigenvalue weighted by Gasteiger charge is 2.41. The van der Waals surface area contributed by atoms with Crippen LogP contribution in [0.25, 0.3) is 0 Å². The number of hydrogen-bond donors (Lipinski definition) is 3. The van der Waals surface area contributed by atoms with Crippen LogP contribution in [0.15, 0.2) is 0 Å². The van der Waals surface area contributed by atoms with Crippen molar-refractivity contribution in [3.63, 3.8) is 0 Å². The summed E-state index contributed by atoms with van der Waals surface area (Å²) in [4.78, 5) is 9.10. The maximum absolute atomic E-state index is 9.36. The van der Waals surface area contributed by atoms with Crippen molar-refractivity contribution in [2.24, 2.45) is 5.41 Å². The molecule has 1 saturated carbocycles. The van der Waals surface area contributed by atoms with E-state index in [1.54, 1.807) is 0 Å². The molecule has 1 fully saturated rings. The summed E-state index contributed by atoms with van der Waals surface area (Å²) in [6, 6.07) is 0. The van der Waals surface area contributed by atoms with Gasteiger partial charge in [-0.05, 0) is 26.2 Å². The number of aliphatic hydroxyl groups excluding tert-OH is 1. The molecule has 1 aliphatic rings. The molecule has 5 nitrogen and oxygen atoms in total. The third-order valence-corrected chi connectivity index (χ3v) is 3.83. The smallest absolute Gasteiger partial charge is 0.134 e. The molecule has 0 saturated heterocycles. The molecule has 3 N–H and O–H groups in total. The fraction of sp³-hybridized carbons (Fsp3) is 0.714. The topological polar surface area (TPSA) is 70.1 Å². The van der Waals surface area contributed by atoms with Crippen molar-refractivity contribution in [1.82, 2.24) is 9.97 Å². The van der Waals surface area contributed by atoms with E-state index in [0.29, 0.717) is 0 Å². The van der Waals surface area contributed by atoms with Gasteiger partial charge in [0.25, 0.3) is 0 Å². The second-order valence-corrected chi connectivity index (χ2v) is 5.47. The van der Waals surface area contributed by atoms with Gasteiger partial charge in [0.1, 0.15) is 17.5 Å². The predicted molar refractivity (Wildman–Crippen MR) is 77.6 cm³/mol. The molecule has 0 atom stereocenters. The number of anilines is 2. The molecule has 19 heavy (non-hydrogen) atoms. The molecule has 5 heteroatoms. The van der Waals surface area contributed by atoms with Crippen LogP contribution in [-0.4, -0.2) is 35.3 Å². The monoisotopic (exact) mass is 264 g/mol. The maximum Gasteiger partial charge on any atom is 0.134 e. The minimum absolute atomic E-state index is 0.0854. The van der Waals surface area contributed by atoms with Crippen molar-refractivity contribution in [3.8, 4) is 0 Å². The zero-order valence-corrected chi connectivity index (χ0v) is 12.1. The largest absolute Gasteiger partial charge is 0.396 e. The fourth-order valence-electron chi connectivity index (χ4n) is 2.15. The Balaban J connectivity index is 2.15. The number of hydrogen-bond acceptors (Lipinski definition) is 5. The first-order valence-electron chi connectivity index (χ1n) is 7.04. The van der Waals surface area contributed by atoms with Crippen molar-refractivity contribution in [1.29, 1.82) is 0 Å². The first-order valence-corrected chi connectivity index (χ1v) is 7.04. The molecule has 0 spiro atoms. The van der Waals surface area contributed by atoms with Crippen LogP contribution < -0.4 is 10.6 Å². The SMILES string of the molecule is CCCc1nc(NC)c(C)c(NCC2(CO)CC2)n1. The highest BCUT2D eigenvalue weighted by atomic mass is 16.3. The number of nitrogens with one attached hydrogen (secondary N) is 2. The molecule has 2 rings (SSSR count). The van der Waals surface area contributed by atoms with Gasteiger partial charge in [-0.25, -0.2) is 9.97 Å². The summed E-state index contributed by atoms with van der Waals surface area (Å²) < 4.78 is 0. The molecule has 1 aromatic heterocycles. The van der Waals surface area contributed by atoms with Gasteiger partial charge < -0.3 is 15.7 Å². The fourth-order valence-corrected chi connectivity index (χ4v) is 2.15. The molecule has 106 valence electrons. The summed E-state index contributed by atoms with van der Waals surface area (Å²) in [5.74, 6) is 2.64. The molecule has 0 unspecified atom stereocenters. The van der Waals surface area contributed by atoms with Crippen molar-refractivity contribution in [2.45, 2.75) is 39.5 Å². The van der Waals surface area contributed by atoms with Crippen LogP contribution in [0, 0.1) is 12.3 Å². The molecule has 1 heterocycles. The molecule has 0 radical (unpaired) electrons. The zero-order valence-electron chi connectivity index (χ0n) is 12.1. The normalized spacial score (nSPS) is 16.2. The number of nitrogens with zero attached hydrogens (tertiary/aromatic N) is 2. The van der Waals surface area contributed by atoms with Crippen LogP contribution in [0.1, 0.15) is 37.6 Å². The van der Waals surface area contributed by atoms with Crippen LogP contribution in [-0.2, 0) is 6.42 Å². The molecule has 1 aliphatic carbocycles. The van der Waals surface area contributed by atoms with Crippen molar-refractivity contribution in [2.75, 3.05) is 30.8 Å². The Labute approximate surface area is 114 Å². The van der Waals surface area contributed by atoms with Crippen LogP contribution in [0.4, 0.5) is 11.6 Å². The molecule has 1 aromatic rings. The van der Waals surface area contributed by atoms with Crippen molar-refractivity contribution < 1.29 is 5.11 Å². The number of rotatable bonds is 7. The Bertz CT molecular complexity index is 443. The summed E-state index contributed by atoms with van der Waals surface area (Å²) in [6.45, 7) is 5.18. The first-order chi connectivity index (χ1) is 9.14. The zero-order chi connectivity index (χ0) is 13.9. The molecule has 0 aromatic carbocycles.